The lowest BCUT2D eigenvalue weighted by Crippen LogP contribution is -2.44. The Labute approximate surface area is 176 Å². The topological polar surface area (TPSA) is 51.2 Å². The number of carbonyl (C=O) groups excluding carboxylic acids is 1. The highest BCUT2D eigenvalue weighted by atomic mass is 32.1. The van der Waals surface area contributed by atoms with Gasteiger partial charge in [0.25, 0.3) is 5.91 Å². The summed E-state index contributed by atoms with van der Waals surface area (Å²) >= 11 is 1.52. The monoisotopic (exact) mass is 406 g/mol. The van der Waals surface area contributed by atoms with Crippen LogP contribution >= 0.6 is 11.3 Å². The van der Waals surface area contributed by atoms with E-state index < -0.39 is 0 Å². The maximum atomic E-state index is 12.8. The third-order valence-electron chi connectivity index (χ3n) is 5.77. The molecule has 5 heteroatoms. The normalized spacial score (nSPS) is 15.8. The van der Waals surface area contributed by atoms with Gasteiger partial charge in [0.15, 0.2) is 0 Å². The molecule has 0 saturated carbocycles. The lowest BCUT2D eigenvalue weighted by atomic mass is 9.74. The molecule has 150 valence electrons. The Kier molecular flexibility index (Phi) is 5.79. The molecule has 1 aliphatic heterocycles. The molecule has 2 heterocycles. The first-order chi connectivity index (χ1) is 14.1. The van der Waals surface area contributed by atoms with Gasteiger partial charge in [-0.25, -0.2) is 4.98 Å². The highest BCUT2D eigenvalue weighted by molar-refractivity contribution is 7.13. The van der Waals surface area contributed by atoms with Crippen molar-refractivity contribution in [3.05, 3.63) is 76.3 Å². The number of aromatic nitrogens is 1. The maximum absolute atomic E-state index is 12.8. The largest absolute Gasteiger partial charge is 0.381 e. The number of hydrogen-bond donors (Lipinski definition) is 1. The SMILES string of the molecule is Cc1ccc(-c2nc(C(=O)NCC3(c4ccccc4)CCOCC3)cs2)c(C)c1. The third kappa shape index (κ3) is 4.26. The Balaban J connectivity index is 1.50. The number of ether oxygens (including phenoxy) is 1. The summed E-state index contributed by atoms with van der Waals surface area (Å²) < 4.78 is 5.59. The van der Waals surface area contributed by atoms with Crippen LogP contribution in [0.1, 0.15) is 40.0 Å². The summed E-state index contributed by atoms with van der Waals surface area (Å²) in [5, 5.41) is 5.88. The predicted octanol–water partition coefficient (Wildman–Crippen LogP) is 4.91. The zero-order chi connectivity index (χ0) is 20.3. The number of carbonyl (C=O) groups is 1. The molecule has 3 aromatic rings. The van der Waals surface area contributed by atoms with E-state index in [1.165, 1.54) is 28.0 Å². The summed E-state index contributed by atoms with van der Waals surface area (Å²) in [5.41, 5.74) is 5.16. The van der Waals surface area contributed by atoms with Crippen molar-refractivity contribution in [1.29, 1.82) is 0 Å². The van der Waals surface area contributed by atoms with Crippen molar-refractivity contribution in [2.45, 2.75) is 32.1 Å². The van der Waals surface area contributed by atoms with Crippen molar-refractivity contribution < 1.29 is 9.53 Å². The summed E-state index contributed by atoms with van der Waals surface area (Å²) in [6.45, 7) is 6.20. The zero-order valence-electron chi connectivity index (χ0n) is 16.9. The minimum atomic E-state index is -0.112. The molecule has 0 atom stereocenters. The number of nitrogens with zero attached hydrogens (tertiary/aromatic N) is 1. The molecule has 0 spiro atoms. The Hall–Kier alpha value is -2.50. The second-order valence-electron chi connectivity index (χ2n) is 7.80. The van der Waals surface area contributed by atoms with E-state index >= 15 is 0 Å². The average Bonchev–Trinajstić information content (AvgIpc) is 3.23. The molecular formula is C24H26N2O2S. The van der Waals surface area contributed by atoms with E-state index in [9.17, 15) is 4.79 Å². The Morgan fingerprint density at radius 3 is 2.62 bits per heavy atom. The first-order valence-electron chi connectivity index (χ1n) is 10.0. The fourth-order valence-electron chi connectivity index (χ4n) is 4.02. The molecule has 1 fully saturated rings. The van der Waals surface area contributed by atoms with Crippen LogP contribution in [0.15, 0.2) is 53.9 Å². The highest BCUT2D eigenvalue weighted by Crippen LogP contribution is 2.34. The number of benzene rings is 2. The lowest BCUT2D eigenvalue weighted by Gasteiger charge is -2.37. The quantitative estimate of drug-likeness (QED) is 0.655. The minimum absolute atomic E-state index is 0.0818. The van der Waals surface area contributed by atoms with Crippen LogP contribution in [0.5, 0.6) is 0 Å². The molecular weight excluding hydrogens is 380 g/mol. The van der Waals surface area contributed by atoms with Gasteiger partial charge in [-0.05, 0) is 37.8 Å². The molecule has 4 nitrogen and oxygen atoms in total. The molecule has 1 aromatic heterocycles. The fourth-order valence-corrected chi connectivity index (χ4v) is 4.91. The van der Waals surface area contributed by atoms with Crippen molar-refractivity contribution >= 4 is 17.2 Å². The van der Waals surface area contributed by atoms with Crippen molar-refractivity contribution in [2.24, 2.45) is 0 Å². The zero-order valence-corrected chi connectivity index (χ0v) is 17.7. The summed E-state index contributed by atoms with van der Waals surface area (Å²) in [4.78, 5) is 17.5. The van der Waals surface area contributed by atoms with Gasteiger partial charge >= 0.3 is 0 Å². The van der Waals surface area contributed by atoms with E-state index in [1.807, 2.05) is 11.4 Å². The maximum Gasteiger partial charge on any atom is 0.270 e. The number of rotatable bonds is 5. The van der Waals surface area contributed by atoms with Crippen molar-refractivity contribution in [2.75, 3.05) is 19.8 Å². The van der Waals surface area contributed by atoms with E-state index in [-0.39, 0.29) is 11.3 Å². The van der Waals surface area contributed by atoms with E-state index in [2.05, 4.69) is 66.6 Å². The van der Waals surface area contributed by atoms with Gasteiger partial charge in [0.2, 0.25) is 0 Å². The fraction of sp³-hybridized carbons (Fsp3) is 0.333. The second kappa shape index (κ2) is 8.47. The number of amides is 1. The van der Waals surface area contributed by atoms with Crippen LogP contribution in [0.4, 0.5) is 0 Å². The second-order valence-corrected chi connectivity index (χ2v) is 8.66. The molecule has 1 aliphatic rings. The van der Waals surface area contributed by atoms with Crippen LogP contribution in [0.2, 0.25) is 0 Å². The van der Waals surface area contributed by atoms with E-state index in [1.54, 1.807) is 0 Å². The summed E-state index contributed by atoms with van der Waals surface area (Å²) in [6, 6.07) is 16.8. The van der Waals surface area contributed by atoms with Crippen LogP contribution < -0.4 is 5.32 Å². The Morgan fingerprint density at radius 1 is 1.14 bits per heavy atom. The molecule has 1 amide bonds. The third-order valence-corrected chi connectivity index (χ3v) is 6.65. The predicted molar refractivity (Wildman–Crippen MR) is 118 cm³/mol. The van der Waals surface area contributed by atoms with Gasteiger partial charge in [-0.1, -0.05) is 54.1 Å². The van der Waals surface area contributed by atoms with Gasteiger partial charge in [-0.2, -0.15) is 0 Å². The molecule has 0 radical (unpaired) electrons. The number of aryl methyl sites for hydroxylation is 2. The lowest BCUT2D eigenvalue weighted by molar-refractivity contribution is 0.0487. The van der Waals surface area contributed by atoms with Crippen LogP contribution in [-0.4, -0.2) is 30.6 Å². The molecule has 0 bridgehead atoms. The molecule has 4 rings (SSSR count). The number of nitrogens with one attached hydrogen (secondary N) is 1. The van der Waals surface area contributed by atoms with Crippen molar-refractivity contribution in [3.63, 3.8) is 0 Å². The van der Waals surface area contributed by atoms with E-state index in [0.29, 0.717) is 12.2 Å². The number of hydrogen-bond acceptors (Lipinski definition) is 4. The summed E-state index contributed by atoms with van der Waals surface area (Å²) in [7, 11) is 0. The van der Waals surface area contributed by atoms with Gasteiger partial charge in [0.1, 0.15) is 10.7 Å². The standard InChI is InChI=1S/C24H26N2O2S/c1-17-8-9-20(18(2)14-17)23-26-21(15-29-23)22(27)25-16-24(10-12-28-13-11-24)19-6-4-3-5-7-19/h3-9,14-15H,10-13,16H2,1-2H3,(H,25,27). The Bertz CT molecular complexity index is 991. The van der Waals surface area contributed by atoms with E-state index in [0.717, 1.165) is 36.6 Å². The van der Waals surface area contributed by atoms with Gasteiger partial charge in [0, 0.05) is 36.1 Å². The first-order valence-corrected chi connectivity index (χ1v) is 10.9. The van der Waals surface area contributed by atoms with Crippen LogP contribution in [0.25, 0.3) is 10.6 Å². The molecule has 0 aliphatic carbocycles. The Morgan fingerprint density at radius 2 is 1.90 bits per heavy atom. The van der Waals surface area contributed by atoms with Crippen LogP contribution in [0.3, 0.4) is 0 Å². The smallest absolute Gasteiger partial charge is 0.270 e. The molecule has 0 unspecified atom stereocenters. The van der Waals surface area contributed by atoms with Crippen LogP contribution in [0, 0.1) is 13.8 Å². The van der Waals surface area contributed by atoms with Gasteiger partial charge in [0.05, 0.1) is 0 Å². The van der Waals surface area contributed by atoms with Gasteiger partial charge < -0.3 is 10.1 Å². The van der Waals surface area contributed by atoms with Gasteiger partial charge in [-0.3, -0.25) is 4.79 Å². The van der Waals surface area contributed by atoms with Crippen LogP contribution in [-0.2, 0) is 10.2 Å². The van der Waals surface area contributed by atoms with Crippen molar-refractivity contribution in [3.8, 4) is 10.6 Å². The first kappa shape index (κ1) is 19.8. The molecule has 29 heavy (non-hydrogen) atoms. The molecule has 1 saturated heterocycles. The number of thiazole rings is 1. The van der Waals surface area contributed by atoms with Gasteiger partial charge in [-0.15, -0.1) is 11.3 Å². The summed E-state index contributed by atoms with van der Waals surface area (Å²) in [5.74, 6) is -0.112. The molecule has 1 N–H and O–H groups in total. The minimum Gasteiger partial charge on any atom is -0.381 e. The van der Waals surface area contributed by atoms with Crippen molar-refractivity contribution in [1.82, 2.24) is 10.3 Å². The van der Waals surface area contributed by atoms with E-state index in [4.69, 9.17) is 4.74 Å². The summed E-state index contributed by atoms with van der Waals surface area (Å²) in [6.07, 6.45) is 1.81. The average molecular weight is 407 g/mol. The highest BCUT2D eigenvalue weighted by Gasteiger charge is 2.35. The molecule has 2 aromatic carbocycles.